The lowest BCUT2D eigenvalue weighted by Gasteiger charge is -2.64. The Hall–Kier alpha value is -3.77. The Bertz CT molecular complexity index is 2490. The molecule has 2 aromatic carbocycles. The fourth-order valence-corrected chi connectivity index (χ4v) is 12.9. The highest BCUT2D eigenvalue weighted by molar-refractivity contribution is 6.30. The fourth-order valence-electron chi connectivity index (χ4n) is 12.0. The number of hydrogen-bond donors (Lipinski definition) is 1. The second-order valence-corrected chi connectivity index (χ2v) is 19.8. The van der Waals surface area contributed by atoms with Crippen molar-refractivity contribution in [1.29, 1.82) is 0 Å². The highest BCUT2D eigenvalue weighted by Crippen LogP contribution is 2.72. The molecule has 0 bridgehead atoms. The minimum atomic E-state index is -1.53. The van der Waals surface area contributed by atoms with E-state index in [-0.39, 0.29) is 71.4 Å². The number of fused-ring (bicyclic) bond motifs is 6. The van der Waals surface area contributed by atoms with Gasteiger partial charge >= 0.3 is 5.97 Å². The zero-order valence-electron chi connectivity index (χ0n) is 36.0. The van der Waals surface area contributed by atoms with E-state index in [2.05, 4.69) is 11.9 Å². The summed E-state index contributed by atoms with van der Waals surface area (Å²) in [5.41, 5.74) is -0.0837. The van der Waals surface area contributed by atoms with Gasteiger partial charge in [0.25, 0.3) is 5.56 Å². The zero-order valence-corrected chi connectivity index (χ0v) is 39.1. The van der Waals surface area contributed by atoms with E-state index in [0.29, 0.717) is 25.7 Å². The molecule has 1 aliphatic heterocycles. The maximum atomic E-state index is 13.6. The number of allylic oxidation sites excluding steroid dienone is 4. The number of benzene rings is 2. The molecule has 9 atom stereocenters. The number of carbonyl (C=O) groups is 3. The average molecular weight is 940 g/mol. The molecule has 0 amide bonds. The summed E-state index contributed by atoms with van der Waals surface area (Å²) in [6.07, 6.45) is 11.2. The Kier molecular flexibility index (Phi) is 13.7. The topological polar surface area (TPSA) is 132 Å². The van der Waals surface area contributed by atoms with Crippen molar-refractivity contribution in [3.63, 3.8) is 0 Å². The van der Waals surface area contributed by atoms with Crippen LogP contribution in [0.2, 0.25) is 5.02 Å². The van der Waals surface area contributed by atoms with Gasteiger partial charge in [-0.1, -0.05) is 74.4 Å². The SMILES string of the molecule is CN1CCCC(n2nc(Cc3ccc(Cl)cc3)c3ccccc3c2=O)CC1.C[C@@H]1C[C@H]2[C@@H]3CCC4=CC(=O)C=C[C@]4(C)[C@@]3(Cl)[C@@H](O)C[C@]2(C)[C@@]1(OC(=O)c1ccco1)C(=O)CCl.Cl. The summed E-state index contributed by atoms with van der Waals surface area (Å²) in [6, 6.07) is 18.9. The Morgan fingerprint density at radius 3 is 2.41 bits per heavy atom. The van der Waals surface area contributed by atoms with Crippen LogP contribution in [0.25, 0.3) is 10.8 Å². The number of alkyl halides is 2. The molecule has 4 aliphatic carbocycles. The summed E-state index contributed by atoms with van der Waals surface area (Å²) in [5, 5.41) is 19.0. The number of aliphatic hydroxyl groups is 1. The quantitative estimate of drug-likeness (QED) is 0.142. The van der Waals surface area contributed by atoms with Gasteiger partial charge in [0.15, 0.2) is 17.2 Å². The van der Waals surface area contributed by atoms with Gasteiger partial charge < -0.3 is 19.2 Å². The predicted molar refractivity (Wildman–Crippen MR) is 248 cm³/mol. The number of carbonyl (C=O) groups excluding carboxylic acids is 3. The molecule has 3 saturated carbocycles. The van der Waals surface area contributed by atoms with Gasteiger partial charge in [-0.25, -0.2) is 9.48 Å². The second kappa shape index (κ2) is 18.2. The van der Waals surface area contributed by atoms with E-state index in [1.807, 2.05) is 75.4 Å². The number of hydrogen-bond acceptors (Lipinski definition) is 9. The van der Waals surface area contributed by atoms with Crippen molar-refractivity contribution in [1.82, 2.24) is 14.7 Å². The van der Waals surface area contributed by atoms with Crippen LogP contribution in [0.1, 0.15) is 93.6 Å². The van der Waals surface area contributed by atoms with Crippen molar-refractivity contribution in [2.45, 2.75) is 94.8 Å². The van der Waals surface area contributed by atoms with Crippen LogP contribution in [0.4, 0.5) is 0 Å². The van der Waals surface area contributed by atoms with Crippen LogP contribution in [0.15, 0.2) is 99.9 Å². The Labute approximate surface area is 389 Å². The normalized spacial score (nSPS) is 32.5. The van der Waals surface area contributed by atoms with Crippen molar-refractivity contribution in [3.8, 4) is 0 Å². The Balaban J connectivity index is 0.000000192. The van der Waals surface area contributed by atoms with Gasteiger partial charge in [0, 0.05) is 33.6 Å². The van der Waals surface area contributed by atoms with Crippen molar-refractivity contribution in [2.24, 2.45) is 28.6 Å². The minimum absolute atomic E-state index is 0. The van der Waals surface area contributed by atoms with Gasteiger partial charge in [-0.2, -0.15) is 5.10 Å². The fraction of sp³-hybridized carbons (Fsp3) is 0.490. The van der Waals surface area contributed by atoms with Crippen molar-refractivity contribution in [2.75, 3.05) is 26.0 Å². The summed E-state index contributed by atoms with van der Waals surface area (Å²) >= 11 is 19.6. The van der Waals surface area contributed by atoms with E-state index in [9.17, 15) is 24.3 Å². The molecule has 336 valence electrons. The van der Waals surface area contributed by atoms with E-state index in [1.54, 1.807) is 16.8 Å². The molecule has 14 heteroatoms. The van der Waals surface area contributed by atoms with Crippen LogP contribution in [0.5, 0.6) is 0 Å². The van der Waals surface area contributed by atoms with Gasteiger partial charge in [-0.05, 0) is 125 Å². The monoisotopic (exact) mass is 937 g/mol. The number of furan rings is 1. The number of aromatic nitrogens is 2. The van der Waals surface area contributed by atoms with E-state index in [0.717, 1.165) is 65.0 Å². The molecule has 4 aromatic rings. The maximum absolute atomic E-state index is 13.6. The van der Waals surface area contributed by atoms with Crippen molar-refractivity contribution < 1.29 is 28.6 Å². The molecule has 0 spiro atoms. The highest BCUT2D eigenvalue weighted by Gasteiger charge is 2.76. The summed E-state index contributed by atoms with van der Waals surface area (Å²) in [6.45, 7) is 7.89. The zero-order chi connectivity index (χ0) is 44.2. The molecule has 1 unspecified atom stereocenters. The molecule has 3 heterocycles. The van der Waals surface area contributed by atoms with Gasteiger partial charge in [0.2, 0.25) is 5.76 Å². The van der Waals surface area contributed by atoms with E-state index in [4.69, 9.17) is 49.1 Å². The molecule has 10 nitrogen and oxygen atoms in total. The second-order valence-electron chi connectivity index (χ2n) is 18.5. The largest absolute Gasteiger partial charge is 0.457 e. The molecule has 4 fully saturated rings. The van der Waals surface area contributed by atoms with Crippen LogP contribution in [-0.2, 0) is 20.7 Å². The number of Topliss-reactive ketones (excluding diaryl/α,β-unsaturated/α-hetero) is 1. The molecule has 63 heavy (non-hydrogen) atoms. The lowest BCUT2D eigenvalue weighted by molar-refractivity contribution is -0.177. The lowest BCUT2D eigenvalue weighted by Crippen LogP contribution is -2.69. The number of rotatable bonds is 7. The van der Waals surface area contributed by atoms with Crippen molar-refractivity contribution in [3.05, 3.63) is 123 Å². The van der Waals surface area contributed by atoms with E-state index < -0.39 is 33.4 Å². The van der Waals surface area contributed by atoms with Crippen molar-refractivity contribution >= 4 is 75.5 Å². The Morgan fingerprint density at radius 1 is 0.984 bits per heavy atom. The average Bonchev–Trinajstić information content (AvgIpc) is 3.80. The number of nitrogens with zero attached hydrogens (tertiary/aromatic N) is 3. The maximum Gasteiger partial charge on any atom is 0.375 e. The molecular formula is C49H55Cl4N3O7. The molecule has 1 saturated heterocycles. The van der Waals surface area contributed by atoms with E-state index >= 15 is 0 Å². The first-order chi connectivity index (χ1) is 29.6. The van der Waals surface area contributed by atoms with Crippen LogP contribution in [0.3, 0.4) is 0 Å². The highest BCUT2D eigenvalue weighted by atomic mass is 35.5. The van der Waals surface area contributed by atoms with Crippen LogP contribution in [-0.4, -0.2) is 79.9 Å². The third-order valence-electron chi connectivity index (χ3n) is 15.1. The molecule has 1 N–H and O–H groups in total. The third-order valence-corrected chi connectivity index (χ3v) is 16.6. The Morgan fingerprint density at radius 2 is 1.71 bits per heavy atom. The summed E-state index contributed by atoms with van der Waals surface area (Å²) in [4.78, 5) is 53.2. The smallest absolute Gasteiger partial charge is 0.375 e. The first-order valence-electron chi connectivity index (χ1n) is 21.7. The molecular weight excluding hydrogens is 884 g/mol. The number of ketones is 2. The third kappa shape index (κ3) is 7.94. The van der Waals surface area contributed by atoms with Gasteiger partial charge in [-0.3, -0.25) is 14.4 Å². The molecule has 5 aliphatic rings. The van der Waals surface area contributed by atoms with Gasteiger partial charge in [0.1, 0.15) is 0 Å². The number of esters is 1. The first-order valence-corrected chi connectivity index (χ1v) is 23.0. The number of halogens is 4. The summed E-state index contributed by atoms with van der Waals surface area (Å²) in [7, 11) is 2.14. The minimum Gasteiger partial charge on any atom is -0.457 e. The molecule has 0 radical (unpaired) electrons. The van der Waals surface area contributed by atoms with Gasteiger partial charge in [0.05, 0.1) is 40.2 Å². The summed E-state index contributed by atoms with van der Waals surface area (Å²) < 4.78 is 13.1. The lowest BCUT2D eigenvalue weighted by atomic mass is 9.45. The van der Waals surface area contributed by atoms with Crippen LogP contribution < -0.4 is 5.56 Å². The van der Waals surface area contributed by atoms with Crippen LogP contribution in [0, 0.1) is 28.6 Å². The number of aliphatic hydroxyl groups excluding tert-OH is 1. The molecule has 9 rings (SSSR count). The number of likely N-dealkylation sites (tertiary alicyclic amines) is 1. The molecule has 2 aromatic heterocycles. The standard InChI is InChI=1S/C27H30Cl2O6.C22H24ClN3O.ClH/c1-15-11-19-18-7-6-16-12-17(30)8-9-24(16,2)26(18,29)21(31)13-25(19,3)27(15,22(32)14-28)35-23(33)20-5-4-10-34-20;1-25-13-4-5-18(12-14-25)26-22(27)20-7-3-2-6-19(20)21(24-26)15-16-8-10-17(23)11-9-16;/h4-5,8-10,12,15,18-19,21,31H,6-7,11,13-14H2,1-3H3;2-3,6-11,18H,4-5,12-15H2,1H3;1H/t15-,18+,19+,21+,24+,25+,26+,27+;;/m1../s1. The van der Waals surface area contributed by atoms with Gasteiger partial charge in [-0.15, -0.1) is 35.6 Å². The predicted octanol–water partition coefficient (Wildman–Crippen LogP) is 9.59. The number of ether oxygens (including phenoxy) is 1. The first kappa shape index (κ1) is 47.2. The summed E-state index contributed by atoms with van der Waals surface area (Å²) in [5.74, 6) is -2.12. The van der Waals surface area contributed by atoms with E-state index in [1.165, 1.54) is 18.4 Å². The van der Waals surface area contributed by atoms with Crippen LogP contribution >= 0.6 is 47.2 Å².